The number of carboxylic acids is 1. The first-order valence-electron chi connectivity index (χ1n) is 6.43. The van der Waals surface area contributed by atoms with Gasteiger partial charge in [-0.05, 0) is 12.8 Å². The van der Waals surface area contributed by atoms with Gasteiger partial charge in [-0.1, -0.05) is 30.9 Å². The molecule has 0 unspecified atom stereocenters. The molecule has 0 saturated heterocycles. The van der Waals surface area contributed by atoms with Crippen LogP contribution in [0, 0.1) is 5.82 Å². The molecule has 110 valence electrons. The first-order chi connectivity index (χ1) is 9.44. The molecular weight excluding hydrogens is 287 g/mol. The minimum Gasteiger partial charge on any atom is -0.504 e. The van der Waals surface area contributed by atoms with Crippen molar-refractivity contribution < 1.29 is 24.1 Å². The zero-order valence-electron chi connectivity index (χ0n) is 11.1. The Morgan fingerprint density at radius 2 is 2.00 bits per heavy atom. The molecule has 20 heavy (non-hydrogen) atoms. The molecule has 1 saturated carbocycles. The maximum Gasteiger partial charge on any atom is 0.314 e. The number of ether oxygens (including phenoxy) is 1. The van der Waals surface area contributed by atoms with E-state index in [0.29, 0.717) is 25.7 Å². The largest absolute Gasteiger partial charge is 0.504 e. The summed E-state index contributed by atoms with van der Waals surface area (Å²) in [5.41, 5.74) is -1.42. The first-order valence-corrected chi connectivity index (χ1v) is 6.80. The van der Waals surface area contributed by atoms with Gasteiger partial charge in [0, 0.05) is 11.6 Å². The molecule has 2 N–H and O–H groups in total. The van der Waals surface area contributed by atoms with Crippen LogP contribution in [-0.2, 0) is 10.2 Å². The summed E-state index contributed by atoms with van der Waals surface area (Å²) in [6, 6.07) is 0.958. The van der Waals surface area contributed by atoms with Crippen molar-refractivity contribution in [1.82, 2.24) is 0 Å². The van der Waals surface area contributed by atoms with Gasteiger partial charge in [0.25, 0.3) is 0 Å². The van der Waals surface area contributed by atoms with Crippen LogP contribution in [0.4, 0.5) is 4.39 Å². The van der Waals surface area contributed by atoms with E-state index in [4.69, 9.17) is 16.3 Å². The van der Waals surface area contributed by atoms with Crippen LogP contribution in [0.25, 0.3) is 0 Å². The summed E-state index contributed by atoms with van der Waals surface area (Å²) in [5, 5.41) is 19.5. The molecule has 0 heterocycles. The second kappa shape index (κ2) is 5.48. The number of hydrogen-bond donors (Lipinski definition) is 2. The van der Waals surface area contributed by atoms with Crippen LogP contribution in [0.3, 0.4) is 0 Å². The second-order valence-corrected chi connectivity index (χ2v) is 5.42. The number of halogens is 2. The lowest BCUT2D eigenvalue weighted by atomic mass is 9.69. The molecule has 2 rings (SSSR count). The Labute approximate surface area is 121 Å². The summed E-state index contributed by atoms with van der Waals surface area (Å²) in [5.74, 6) is -2.37. The number of phenolic OH excluding ortho intramolecular Hbond substituents is 1. The van der Waals surface area contributed by atoms with Crippen molar-refractivity contribution in [2.24, 2.45) is 0 Å². The van der Waals surface area contributed by atoms with E-state index in [-0.39, 0.29) is 22.1 Å². The monoisotopic (exact) mass is 302 g/mol. The number of hydrogen-bond acceptors (Lipinski definition) is 3. The first kappa shape index (κ1) is 14.9. The highest BCUT2D eigenvalue weighted by Crippen LogP contribution is 2.50. The Morgan fingerprint density at radius 1 is 1.40 bits per heavy atom. The maximum absolute atomic E-state index is 13.9. The standard InChI is InChI=1S/C14H16ClFO4/c1-20-9-7-8(16)11(15)10(12(9)17)14(13(18)19)5-3-2-4-6-14/h7,17H,2-6H2,1H3,(H,18,19). The van der Waals surface area contributed by atoms with E-state index >= 15 is 0 Å². The third-order valence-corrected chi connectivity index (χ3v) is 4.34. The van der Waals surface area contributed by atoms with E-state index in [1.165, 1.54) is 7.11 Å². The van der Waals surface area contributed by atoms with Crippen molar-refractivity contribution in [2.75, 3.05) is 7.11 Å². The summed E-state index contributed by atoms with van der Waals surface area (Å²) >= 11 is 5.94. The van der Waals surface area contributed by atoms with Crippen molar-refractivity contribution in [2.45, 2.75) is 37.5 Å². The molecule has 0 amide bonds. The molecule has 0 aliphatic heterocycles. The predicted molar refractivity (Wildman–Crippen MR) is 72.0 cm³/mol. The molecule has 0 spiro atoms. The van der Waals surface area contributed by atoms with E-state index in [1.54, 1.807) is 0 Å². The molecule has 1 aromatic rings. The third kappa shape index (κ3) is 2.20. The summed E-state index contributed by atoms with van der Waals surface area (Å²) in [6.45, 7) is 0. The van der Waals surface area contributed by atoms with Gasteiger partial charge in [0.1, 0.15) is 5.82 Å². The Hall–Kier alpha value is -1.49. The summed E-state index contributed by atoms with van der Waals surface area (Å²) in [7, 11) is 1.28. The van der Waals surface area contributed by atoms with Crippen molar-refractivity contribution in [3.63, 3.8) is 0 Å². The number of aromatic hydroxyl groups is 1. The fourth-order valence-electron chi connectivity index (χ4n) is 2.91. The van der Waals surface area contributed by atoms with E-state index in [0.717, 1.165) is 12.5 Å². The van der Waals surface area contributed by atoms with Crippen LogP contribution in [0.5, 0.6) is 11.5 Å². The fourth-order valence-corrected chi connectivity index (χ4v) is 3.24. The van der Waals surface area contributed by atoms with Crippen molar-refractivity contribution in [1.29, 1.82) is 0 Å². The Bertz CT molecular complexity index is 538. The highest BCUT2D eigenvalue weighted by atomic mass is 35.5. The summed E-state index contributed by atoms with van der Waals surface area (Å²) in [4.78, 5) is 11.8. The molecule has 0 atom stereocenters. The predicted octanol–water partition coefficient (Wildman–Crippen LogP) is 3.48. The number of aliphatic carboxylic acids is 1. The SMILES string of the molecule is COc1cc(F)c(Cl)c(C2(C(=O)O)CCCCC2)c1O. The van der Waals surface area contributed by atoms with Gasteiger partial charge in [-0.3, -0.25) is 4.79 Å². The van der Waals surface area contributed by atoms with Crippen molar-refractivity contribution in [3.8, 4) is 11.5 Å². The molecule has 1 fully saturated rings. The average Bonchev–Trinajstić information content (AvgIpc) is 2.44. The normalized spacial score (nSPS) is 17.8. The fraction of sp³-hybridized carbons (Fsp3) is 0.500. The highest BCUT2D eigenvalue weighted by molar-refractivity contribution is 6.32. The van der Waals surface area contributed by atoms with Crippen LogP contribution >= 0.6 is 11.6 Å². The number of carboxylic acid groups (broad SMARTS) is 1. The molecule has 1 aliphatic rings. The molecule has 1 aromatic carbocycles. The number of carbonyl (C=O) groups is 1. The Kier molecular flexibility index (Phi) is 4.09. The zero-order chi connectivity index (χ0) is 14.9. The van der Waals surface area contributed by atoms with Gasteiger partial charge in [-0.25, -0.2) is 4.39 Å². The number of benzene rings is 1. The Morgan fingerprint density at radius 3 is 2.50 bits per heavy atom. The number of rotatable bonds is 3. The van der Waals surface area contributed by atoms with Crippen LogP contribution in [0.2, 0.25) is 5.02 Å². The Balaban J connectivity index is 2.70. The minimum absolute atomic E-state index is 0.0665. The van der Waals surface area contributed by atoms with Gasteiger partial charge in [0.2, 0.25) is 0 Å². The van der Waals surface area contributed by atoms with Crippen LogP contribution in [-0.4, -0.2) is 23.3 Å². The molecule has 0 bridgehead atoms. The quantitative estimate of drug-likeness (QED) is 0.897. The molecule has 0 radical (unpaired) electrons. The van der Waals surface area contributed by atoms with Gasteiger partial charge < -0.3 is 14.9 Å². The van der Waals surface area contributed by atoms with Crippen molar-refractivity contribution >= 4 is 17.6 Å². The lowest BCUT2D eigenvalue weighted by molar-refractivity contribution is -0.145. The average molecular weight is 303 g/mol. The van der Waals surface area contributed by atoms with E-state index < -0.39 is 17.2 Å². The van der Waals surface area contributed by atoms with Crippen molar-refractivity contribution in [3.05, 3.63) is 22.5 Å². The van der Waals surface area contributed by atoms with Gasteiger partial charge in [0.15, 0.2) is 11.5 Å². The van der Waals surface area contributed by atoms with E-state index in [9.17, 15) is 19.4 Å². The lowest BCUT2D eigenvalue weighted by Gasteiger charge is -2.35. The van der Waals surface area contributed by atoms with Gasteiger partial charge in [-0.2, -0.15) is 0 Å². The molecule has 4 nitrogen and oxygen atoms in total. The molecule has 0 aromatic heterocycles. The summed E-state index contributed by atoms with van der Waals surface area (Å²) < 4.78 is 18.8. The van der Waals surface area contributed by atoms with Gasteiger partial charge >= 0.3 is 5.97 Å². The molecule has 1 aliphatic carbocycles. The molecule has 6 heteroatoms. The topological polar surface area (TPSA) is 66.8 Å². The van der Waals surface area contributed by atoms with Gasteiger partial charge in [-0.15, -0.1) is 0 Å². The smallest absolute Gasteiger partial charge is 0.314 e. The second-order valence-electron chi connectivity index (χ2n) is 5.05. The van der Waals surface area contributed by atoms with Crippen LogP contribution in [0.1, 0.15) is 37.7 Å². The van der Waals surface area contributed by atoms with Crippen LogP contribution < -0.4 is 4.74 Å². The van der Waals surface area contributed by atoms with Crippen LogP contribution in [0.15, 0.2) is 6.07 Å². The summed E-state index contributed by atoms with van der Waals surface area (Å²) in [6.07, 6.45) is 2.95. The van der Waals surface area contributed by atoms with E-state index in [1.807, 2.05) is 0 Å². The number of phenols is 1. The number of methoxy groups -OCH3 is 1. The van der Waals surface area contributed by atoms with Gasteiger partial charge in [0.05, 0.1) is 17.5 Å². The lowest BCUT2D eigenvalue weighted by Crippen LogP contribution is -2.38. The molecular formula is C14H16ClFO4. The van der Waals surface area contributed by atoms with E-state index in [2.05, 4.69) is 0 Å². The third-order valence-electron chi connectivity index (χ3n) is 3.97. The maximum atomic E-state index is 13.9. The highest BCUT2D eigenvalue weighted by Gasteiger charge is 2.46. The minimum atomic E-state index is -1.35. The zero-order valence-corrected chi connectivity index (χ0v) is 11.8.